The van der Waals surface area contributed by atoms with E-state index < -0.39 is 5.97 Å². The fourth-order valence-electron chi connectivity index (χ4n) is 5.42. The van der Waals surface area contributed by atoms with E-state index in [-0.39, 0.29) is 22.9 Å². The molecule has 1 saturated heterocycles. The van der Waals surface area contributed by atoms with Crippen molar-refractivity contribution in [2.75, 3.05) is 44.5 Å². The highest BCUT2D eigenvalue weighted by atomic mass is 16.5. The SMILES string of the molecule is Cc1cc2c(cc1C(=O)O)NC(=O)C2=C(Nc1ccc(C(=O)NCC2(N(C)C)CCOCC2)cc1)c1ccccc1. The van der Waals surface area contributed by atoms with E-state index in [1.165, 1.54) is 6.07 Å². The quantitative estimate of drug-likeness (QED) is 0.304. The van der Waals surface area contributed by atoms with Gasteiger partial charge in [0.15, 0.2) is 0 Å². The van der Waals surface area contributed by atoms with Crippen LogP contribution in [0.25, 0.3) is 11.3 Å². The van der Waals surface area contributed by atoms with Gasteiger partial charge in [0.25, 0.3) is 11.8 Å². The minimum atomic E-state index is -1.05. The maximum Gasteiger partial charge on any atom is 0.336 e. The number of amides is 2. The molecule has 2 aliphatic rings. The summed E-state index contributed by atoms with van der Waals surface area (Å²) in [6.07, 6.45) is 1.71. The first-order chi connectivity index (χ1) is 19.7. The van der Waals surface area contributed by atoms with Crippen molar-refractivity contribution in [2.45, 2.75) is 25.3 Å². The van der Waals surface area contributed by atoms with Crippen molar-refractivity contribution in [2.24, 2.45) is 0 Å². The highest BCUT2D eigenvalue weighted by molar-refractivity contribution is 6.37. The summed E-state index contributed by atoms with van der Waals surface area (Å²) in [5.74, 6) is -1.53. The number of anilines is 2. The maximum atomic E-state index is 13.2. The summed E-state index contributed by atoms with van der Waals surface area (Å²) in [4.78, 5) is 40.1. The minimum Gasteiger partial charge on any atom is -0.478 e. The van der Waals surface area contributed by atoms with Crippen molar-refractivity contribution < 1.29 is 24.2 Å². The molecule has 1 fully saturated rings. The van der Waals surface area contributed by atoms with Crippen molar-refractivity contribution in [1.82, 2.24) is 10.2 Å². The number of carboxylic acid groups (broad SMARTS) is 1. The summed E-state index contributed by atoms with van der Waals surface area (Å²) in [6, 6.07) is 19.8. The fraction of sp³-hybridized carbons (Fsp3) is 0.281. The molecule has 0 bridgehead atoms. The second-order valence-corrected chi connectivity index (χ2v) is 10.7. The number of benzene rings is 3. The highest BCUT2D eigenvalue weighted by Crippen LogP contribution is 2.39. The van der Waals surface area contributed by atoms with Crippen molar-refractivity contribution in [3.8, 4) is 0 Å². The van der Waals surface area contributed by atoms with Gasteiger partial charge in [-0.25, -0.2) is 4.79 Å². The summed E-state index contributed by atoms with van der Waals surface area (Å²) >= 11 is 0. The molecule has 0 aromatic heterocycles. The van der Waals surface area contributed by atoms with Crippen LogP contribution < -0.4 is 16.0 Å². The molecule has 0 unspecified atom stereocenters. The van der Waals surface area contributed by atoms with Crippen molar-refractivity contribution in [3.05, 3.63) is 94.5 Å². The van der Waals surface area contributed by atoms with E-state index in [9.17, 15) is 19.5 Å². The lowest BCUT2D eigenvalue weighted by Crippen LogP contribution is -2.55. The lowest BCUT2D eigenvalue weighted by molar-refractivity contribution is -0.110. The predicted octanol–water partition coefficient (Wildman–Crippen LogP) is 4.47. The van der Waals surface area contributed by atoms with Crippen molar-refractivity contribution in [1.29, 1.82) is 0 Å². The standard InChI is InChI=1S/C32H34N4O5/c1-20-17-25-26(18-24(20)31(39)40)35-30(38)27(25)28(21-7-5-4-6-8-21)34-23-11-9-22(10-12-23)29(37)33-19-32(36(2)3)13-15-41-16-14-32/h4-12,17-18,34H,13-16,19H2,1-3H3,(H,33,37)(H,35,38)(H,39,40). The second kappa shape index (κ2) is 11.6. The number of carbonyl (C=O) groups is 3. The van der Waals surface area contributed by atoms with Gasteiger partial charge < -0.3 is 30.7 Å². The van der Waals surface area contributed by atoms with Crippen LogP contribution in [0.1, 0.15) is 50.2 Å². The minimum absolute atomic E-state index is 0.131. The van der Waals surface area contributed by atoms with Crippen LogP contribution in [-0.4, -0.2) is 67.2 Å². The van der Waals surface area contributed by atoms with Crippen LogP contribution in [-0.2, 0) is 9.53 Å². The molecular formula is C32H34N4O5. The normalized spacial score (nSPS) is 17.0. The second-order valence-electron chi connectivity index (χ2n) is 10.7. The zero-order chi connectivity index (χ0) is 29.1. The van der Waals surface area contributed by atoms with Crippen LogP contribution in [0.3, 0.4) is 0 Å². The van der Waals surface area contributed by atoms with Crippen molar-refractivity contribution >= 4 is 40.4 Å². The molecule has 212 valence electrons. The van der Waals surface area contributed by atoms with Gasteiger partial charge in [-0.3, -0.25) is 9.59 Å². The predicted molar refractivity (Wildman–Crippen MR) is 159 cm³/mol. The van der Waals surface area contributed by atoms with E-state index in [2.05, 4.69) is 20.9 Å². The molecule has 0 saturated carbocycles. The molecule has 9 heteroatoms. The average molecular weight is 555 g/mol. The number of carboxylic acids is 1. The summed E-state index contributed by atoms with van der Waals surface area (Å²) < 4.78 is 5.53. The molecule has 4 N–H and O–H groups in total. The summed E-state index contributed by atoms with van der Waals surface area (Å²) in [7, 11) is 4.07. The summed E-state index contributed by atoms with van der Waals surface area (Å²) in [5, 5.41) is 18.8. The van der Waals surface area contributed by atoms with Crippen LogP contribution >= 0.6 is 0 Å². The van der Waals surface area contributed by atoms with E-state index >= 15 is 0 Å². The highest BCUT2D eigenvalue weighted by Gasteiger charge is 2.35. The molecule has 41 heavy (non-hydrogen) atoms. The smallest absolute Gasteiger partial charge is 0.336 e. The third-order valence-electron chi connectivity index (χ3n) is 8.02. The van der Waals surface area contributed by atoms with Crippen LogP contribution in [0.2, 0.25) is 0 Å². The summed E-state index contributed by atoms with van der Waals surface area (Å²) in [5.41, 5.74) is 4.66. The van der Waals surface area contributed by atoms with Crippen LogP contribution in [0.5, 0.6) is 0 Å². The van der Waals surface area contributed by atoms with Gasteiger partial charge in [-0.1, -0.05) is 30.3 Å². The molecule has 2 heterocycles. The average Bonchev–Trinajstić information content (AvgIpc) is 3.29. The molecule has 0 aliphatic carbocycles. The maximum absolute atomic E-state index is 13.2. The number of aromatic carboxylic acids is 1. The first-order valence-electron chi connectivity index (χ1n) is 13.6. The van der Waals surface area contributed by atoms with E-state index in [1.807, 2.05) is 44.4 Å². The number of hydrogen-bond acceptors (Lipinski definition) is 6. The largest absolute Gasteiger partial charge is 0.478 e. The zero-order valence-corrected chi connectivity index (χ0v) is 23.4. The Labute approximate surface area is 239 Å². The van der Waals surface area contributed by atoms with Crippen LogP contribution in [0.4, 0.5) is 11.4 Å². The topological polar surface area (TPSA) is 120 Å². The number of carbonyl (C=O) groups excluding carboxylic acids is 2. The molecule has 0 atom stereocenters. The van der Waals surface area contributed by atoms with Gasteiger partial charge in [-0.2, -0.15) is 0 Å². The fourth-order valence-corrected chi connectivity index (χ4v) is 5.42. The van der Waals surface area contributed by atoms with Gasteiger partial charge in [-0.15, -0.1) is 0 Å². The molecule has 0 radical (unpaired) electrons. The molecule has 9 nitrogen and oxygen atoms in total. The Kier molecular flexibility index (Phi) is 7.92. The Morgan fingerprint density at radius 1 is 1.00 bits per heavy atom. The Balaban J connectivity index is 1.42. The third-order valence-corrected chi connectivity index (χ3v) is 8.02. The van der Waals surface area contributed by atoms with Crippen LogP contribution in [0.15, 0.2) is 66.7 Å². The van der Waals surface area contributed by atoms with E-state index in [4.69, 9.17) is 4.74 Å². The third kappa shape index (κ3) is 5.73. The van der Waals surface area contributed by atoms with Gasteiger partial charge in [0.1, 0.15) is 0 Å². The number of likely N-dealkylation sites (N-methyl/N-ethyl adjacent to an activating group) is 1. The lowest BCUT2D eigenvalue weighted by atomic mass is 9.88. The monoisotopic (exact) mass is 554 g/mol. The Morgan fingerprint density at radius 2 is 1.68 bits per heavy atom. The first-order valence-corrected chi connectivity index (χ1v) is 13.6. The van der Waals surface area contributed by atoms with E-state index in [0.717, 1.165) is 18.4 Å². The first kappa shape index (κ1) is 28.1. The lowest BCUT2D eigenvalue weighted by Gasteiger charge is -2.42. The van der Waals surface area contributed by atoms with Gasteiger partial charge in [0, 0.05) is 42.1 Å². The number of nitrogens with one attached hydrogen (secondary N) is 3. The molecule has 2 amide bonds. The van der Waals surface area contributed by atoms with Gasteiger partial charge >= 0.3 is 5.97 Å². The molecule has 0 spiro atoms. The number of aryl methyl sites for hydroxylation is 1. The number of rotatable bonds is 8. The molecule has 3 aromatic carbocycles. The Morgan fingerprint density at radius 3 is 2.32 bits per heavy atom. The Bertz CT molecular complexity index is 1510. The van der Waals surface area contributed by atoms with E-state index in [1.54, 1.807) is 37.3 Å². The number of ether oxygens (including phenoxy) is 1. The van der Waals surface area contributed by atoms with Crippen molar-refractivity contribution in [3.63, 3.8) is 0 Å². The molecule has 3 aromatic rings. The van der Waals surface area contributed by atoms with Gasteiger partial charge in [0.2, 0.25) is 0 Å². The number of hydrogen-bond donors (Lipinski definition) is 4. The van der Waals surface area contributed by atoms with E-state index in [0.29, 0.717) is 59.1 Å². The van der Waals surface area contributed by atoms with Crippen LogP contribution in [0, 0.1) is 6.92 Å². The van der Waals surface area contributed by atoms with Gasteiger partial charge in [0.05, 0.1) is 22.5 Å². The zero-order valence-electron chi connectivity index (χ0n) is 23.4. The molecule has 5 rings (SSSR count). The Hall–Kier alpha value is -4.47. The van der Waals surface area contributed by atoms with Gasteiger partial charge in [-0.05, 0) is 81.4 Å². The molecule has 2 aliphatic heterocycles. The molecular weight excluding hydrogens is 520 g/mol. The summed E-state index contributed by atoms with van der Waals surface area (Å²) in [6.45, 7) is 3.60. The number of fused-ring (bicyclic) bond motifs is 1. The number of nitrogens with zero attached hydrogens (tertiary/aromatic N) is 1.